The van der Waals surface area contributed by atoms with Gasteiger partial charge >= 0.3 is 0 Å². The van der Waals surface area contributed by atoms with Gasteiger partial charge in [0.25, 0.3) is 0 Å². The number of piperidine rings is 1. The van der Waals surface area contributed by atoms with Gasteiger partial charge in [-0.2, -0.15) is 0 Å². The van der Waals surface area contributed by atoms with Gasteiger partial charge in [0, 0.05) is 41.9 Å². The lowest BCUT2D eigenvalue weighted by Crippen LogP contribution is -2.47. The van der Waals surface area contributed by atoms with Gasteiger partial charge < -0.3 is 10.2 Å². The van der Waals surface area contributed by atoms with E-state index < -0.39 is 10.8 Å². The molecule has 2 aliphatic rings. The Morgan fingerprint density at radius 2 is 1.87 bits per heavy atom. The Kier molecular flexibility index (Phi) is 3.80. The molecule has 0 aliphatic carbocycles. The van der Waals surface area contributed by atoms with Gasteiger partial charge in [0.1, 0.15) is 0 Å². The Morgan fingerprint density at radius 1 is 1.27 bits per heavy atom. The van der Waals surface area contributed by atoms with Crippen LogP contribution in [0.25, 0.3) is 0 Å². The molecular weight excluding hydrogens is 208 g/mol. The van der Waals surface area contributed by atoms with Crippen LogP contribution < -0.4 is 5.32 Å². The maximum Gasteiger partial charge on any atom is 0.0363 e. The van der Waals surface area contributed by atoms with Gasteiger partial charge in [-0.1, -0.05) is 6.92 Å². The van der Waals surface area contributed by atoms with Crippen LogP contribution in [0.5, 0.6) is 0 Å². The highest BCUT2D eigenvalue weighted by molar-refractivity contribution is 7.85. The zero-order valence-corrected chi connectivity index (χ0v) is 10.4. The average Bonchev–Trinajstić information content (AvgIpc) is 2.22. The SMILES string of the molecule is CC1(CN2CCS(=O)CC2)CCNCC1. The molecule has 0 bridgehead atoms. The van der Waals surface area contributed by atoms with Crippen molar-refractivity contribution >= 4 is 10.8 Å². The minimum absolute atomic E-state index is 0.490. The van der Waals surface area contributed by atoms with Crippen LogP contribution in [-0.2, 0) is 10.8 Å². The molecule has 0 aromatic rings. The molecule has 2 heterocycles. The van der Waals surface area contributed by atoms with Crippen molar-refractivity contribution in [1.82, 2.24) is 10.2 Å². The first kappa shape index (κ1) is 11.6. The summed E-state index contributed by atoms with van der Waals surface area (Å²) in [5.74, 6) is 1.77. The van der Waals surface area contributed by atoms with Crippen LogP contribution >= 0.6 is 0 Å². The Hall–Kier alpha value is 0.0700. The molecule has 0 unspecified atom stereocenters. The van der Waals surface area contributed by atoms with Crippen LogP contribution in [0.1, 0.15) is 19.8 Å². The standard InChI is InChI=1S/C11H22N2OS/c1-11(2-4-12-5-3-11)10-13-6-8-15(14)9-7-13/h12H,2-10H2,1H3. The Bertz CT molecular complexity index is 229. The summed E-state index contributed by atoms with van der Waals surface area (Å²) >= 11 is 0. The molecule has 2 aliphatic heterocycles. The highest BCUT2D eigenvalue weighted by Crippen LogP contribution is 2.29. The third kappa shape index (κ3) is 3.26. The molecule has 15 heavy (non-hydrogen) atoms. The smallest absolute Gasteiger partial charge is 0.0363 e. The molecule has 88 valence electrons. The molecule has 0 radical (unpaired) electrons. The second-order valence-electron chi connectivity index (χ2n) is 5.18. The Morgan fingerprint density at radius 3 is 2.47 bits per heavy atom. The molecule has 2 rings (SSSR count). The van der Waals surface area contributed by atoms with Crippen molar-refractivity contribution in [3.8, 4) is 0 Å². The number of nitrogens with one attached hydrogen (secondary N) is 1. The van der Waals surface area contributed by atoms with Crippen LogP contribution in [0.2, 0.25) is 0 Å². The number of hydrogen-bond donors (Lipinski definition) is 1. The molecule has 3 nitrogen and oxygen atoms in total. The zero-order valence-electron chi connectivity index (χ0n) is 9.63. The molecule has 0 atom stereocenters. The lowest BCUT2D eigenvalue weighted by atomic mass is 9.80. The topological polar surface area (TPSA) is 32.3 Å². The maximum atomic E-state index is 11.3. The van der Waals surface area contributed by atoms with Gasteiger partial charge in [-0.3, -0.25) is 4.21 Å². The summed E-state index contributed by atoms with van der Waals surface area (Å²) in [5, 5.41) is 3.42. The van der Waals surface area contributed by atoms with E-state index in [1.165, 1.54) is 19.4 Å². The first-order valence-corrected chi connectivity index (χ1v) is 7.45. The third-order valence-electron chi connectivity index (χ3n) is 3.69. The maximum absolute atomic E-state index is 11.3. The molecule has 1 N–H and O–H groups in total. The second-order valence-corrected chi connectivity index (χ2v) is 6.88. The van der Waals surface area contributed by atoms with E-state index in [-0.39, 0.29) is 0 Å². The predicted molar refractivity (Wildman–Crippen MR) is 64.5 cm³/mol. The molecule has 4 heteroatoms. The predicted octanol–water partition coefficient (Wildman–Crippen LogP) is 0.440. The van der Waals surface area contributed by atoms with E-state index in [0.717, 1.165) is 37.7 Å². The van der Waals surface area contributed by atoms with Crippen molar-refractivity contribution in [1.29, 1.82) is 0 Å². The third-order valence-corrected chi connectivity index (χ3v) is 4.96. The molecule has 0 spiro atoms. The van der Waals surface area contributed by atoms with Gasteiger partial charge in [0.05, 0.1) is 0 Å². The van der Waals surface area contributed by atoms with E-state index in [0.29, 0.717) is 5.41 Å². The molecule has 0 aromatic heterocycles. The molecule has 2 saturated heterocycles. The first-order valence-electron chi connectivity index (χ1n) is 5.96. The van der Waals surface area contributed by atoms with Gasteiger partial charge in [-0.25, -0.2) is 0 Å². The van der Waals surface area contributed by atoms with E-state index >= 15 is 0 Å². The van der Waals surface area contributed by atoms with Gasteiger partial charge in [0.15, 0.2) is 0 Å². The fraction of sp³-hybridized carbons (Fsp3) is 1.00. The van der Waals surface area contributed by atoms with E-state index in [1.54, 1.807) is 0 Å². The van der Waals surface area contributed by atoms with Crippen molar-refractivity contribution in [2.24, 2.45) is 5.41 Å². The summed E-state index contributed by atoms with van der Waals surface area (Å²) in [4.78, 5) is 2.51. The van der Waals surface area contributed by atoms with Crippen molar-refractivity contribution in [3.63, 3.8) is 0 Å². The number of nitrogens with zero attached hydrogens (tertiary/aromatic N) is 1. The zero-order chi connectivity index (χ0) is 10.7. The summed E-state index contributed by atoms with van der Waals surface area (Å²) < 4.78 is 11.3. The lowest BCUT2D eigenvalue weighted by Gasteiger charge is -2.39. The lowest BCUT2D eigenvalue weighted by molar-refractivity contribution is 0.135. The minimum atomic E-state index is -0.535. The van der Waals surface area contributed by atoms with Crippen molar-refractivity contribution in [3.05, 3.63) is 0 Å². The summed E-state index contributed by atoms with van der Waals surface area (Å²) in [6.07, 6.45) is 2.57. The Labute approximate surface area is 95.1 Å². The normalized spacial score (nSPS) is 29.1. The summed E-state index contributed by atoms with van der Waals surface area (Å²) in [6, 6.07) is 0. The quantitative estimate of drug-likeness (QED) is 0.747. The van der Waals surface area contributed by atoms with Crippen LogP contribution in [0.15, 0.2) is 0 Å². The highest BCUT2D eigenvalue weighted by atomic mass is 32.2. The van der Waals surface area contributed by atoms with Crippen molar-refractivity contribution < 1.29 is 4.21 Å². The fourth-order valence-corrected chi connectivity index (χ4v) is 3.69. The molecule has 0 amide bonds. The Balaban J connectivity index is 1.82. The average molecular weight is 230 g/mol. The van der Waals surface area contributed by atoms with Crippen LogP contribution in [-0.4, -0.2) is 53.3 Å². The van der Waals surface area contributed by atoms with Crippen molar-refractivity contribution in [2.75, 3.05) is 44.2 Å². The van der Waals surface area contributed by atoms with E-state index in [9.17, 15) is 4.21 Å². The summed E-state index contributed by atoms with van der Waals surface area (Å²) in [6.45, 7) is 8.00. The van der Waals surface area contributed by atoms with Crippen LogP contribution in [0, 0.1) is 5.41 Å². The van der Waals surface area contributed by atoms with E-state index in [2.05, 4.69) is 17.1 Å². The first-order chi connectivity index (χ1) is 7.18. The van der Waals surface area contributed by atoms with Gasteiger partial charge in [-0.05, 0) is 31.3 Å². The highest BCUT2D eigenvalue weighted by Gasteiger charge is 2.30. The number of rotatable bonds is 2. The van der Waals surface area contributed by atoms with Crippen LogP contribution in [0.3, 0.4) is 0 Å². The minimum Gasteiger partial charge on any atom is -0.317 e. The van der Waals surface area contributed by atoms with Crippen molar-refractivity contribution in [2.45, 2.75) is 19.8 Å². The molecule has 0 aromatic carbocycles. The summed E-state index contributed by atoms with van der Waals surface area (Å²) in [7, 11) is -0.535. The fourth-order valence-electron chi connectivity index (χ4n) is 2.56. The van der Waals surface area contributed by atoms with E-state index in [1.807, 2.05) is 0 Å². The van der Waals surface area contributed by atoms with Gasteiger partial charge in [0.2, 0.25) is 0 Å². The summed E-state index contributed by atoms with van der Waals surface area (Å²) in [5.41, 5.74) is 0.490. The van der Waals surface area contributed by atoms with E-state index in [4.69, 9.17) is 0 Å². The molecular formula is C11H22N2OS. The molecule has 2 fully saturated rings. The molecule has 0 saturated carbocycles. The monoisotopic (exact) mass is 230 g/mol. The largest absolute Gasteiger partial charge is 0.317 e. The van der Waals surface area contributed by atoms with Gasteiger partial charge in [-0.15, -0.1) is 0 Å². The van der Waals surface area contributed by atoms with Crippen LogP contribution in [0.4, 0.5) is 0 Å². The number of hydrogen-bond acceptors (Lipinski definition) is 3. The second kappa shape index (κ2) is 4.93.